The lowest BCUT2D eigenvalue weighted by molar-refractivity contribution is 0.631. The van der Waals surface area contributed by atoms with Crippen molar-refractivity contribution >= 4 is 33.2 Å². The molecule has 5 nitrogen and oxygen atoms in total. The van der Waals surface area contributed by atoms with Crippen molar-refractivity contribution < 1.29 is 4.39 Å². The number of halogens is 1. The summed E-state index contributed by atoms with van der Waals surface area (Å²) in [5, 5.41) is 1.81. The van der Waals surface area contributed by atoms with E-state index >= 15 is 0 Å². The third-order valence-electron chi connectivity index (χ3n) is 5.28. The first-order chi connectivity index (χ1) is 14.2. The molecule has 3 heterocycles. The molecule has 0 bridgehead atoms. The fourth-order valence-corrected chi connectivity index (χ4v) is 4.65. The van der Waals surface area contributed by atoms with Crippen molar-refractivity contribution in [1.82, 2.24) is 9.97 Å². The largest absolute Gasteiger partial charge is 0.368 e. The molecule has 0 radical (unpaired) electrons. The van der Waals surface area contributed by atoms with Crippen LogP contribution in [0.3, 0.4) is 0 Å². The van der Waals surface area contributed by atoms with Crippen LogP contribution in [0.1, 0.15) is 0 Å². The number of hydrogen-bond donors (Lipinski definition) is 1. The smallest absolute Gasteiger partial charge is 0.270 e. The number of aromatic amines is 1. The Hall–Kier alpha value is -3.19. The van der Waals surface area contributed by atoms with Gasteiger partial charge in [-0.15, -0.1) is 11.3 Å². The lowest BCUT2D eigenvalue weighted by Crippen LogP contribution is -2.47. The summed E-state index contributed by atoms with van der Waals surface area (Å²) in [5.41, 5.74) is 2.71. The zero-order valence-corrected chi connectivity index (χ0v) is 16.5. The molecule has 0 aliphatic carbocycles. The number of benzene rings is 2. The average molecular weight is 406 g/mol. The molecule has 0 atom stereocenters. The topological polar surface area (TPSA) is 52.2 Å². The van der Waals surface area contributed by atoms with Crippen LogP contribution in [0.25, 0.3) is 21.3 Å². The van der Waals surface area contributed by atoms with E-state index in [9.17, 15) is 9.18 Å². The van der Waals surface area contributed by atoms with Gasteiger partial charge < -0.3 is 9.80 Å². The number of thiophene rings is 1. The summed E-state index contributed by atoms with van der Waals surface area (Å²) in [6, 6.07) is 16.9. The Bertz CT molecular complexity index is 1210. The fourth-order valence-electron chi connectivity index (χ4n) is 3.75. The summed E-state index contributed by atoms with van der Waals surface area (Å²) in [7, 11) is 0. The molecule has 2 aromatic heterocycles. The van der Waals surface area contributed by atoms with Crippen LogP contribution in [0.15, 0.2) is 64.8 Å². The quantitative estimate of drug-likeness (QED) is 0.556. The predicted octanol–water partition coefficient (Wildman–Crippen LogP) is 4.12. The highest BCUT2D eigenvalue weighted by atomic mass is 32.1. The van der Waals surface area contributed by atoms with Gasteiger partial charge in [-0.3, -0.25) is 9.78 Å². The van der Waals surface area contributed by atoms with E-state index in [1.54, 1.807) is 18.2 Å². The van der Waals surface area contributed by atoms with Crippen molar-refractivity contribution in [2.24, 2.45) is 0 Å². The Morgan fingerprint density at radius 3 is 2.34 bits per heavy atom. The standard InChI is InChI=1S/C22H19FN4OS/c23-18-9-5-4-8-16(18)17-14-29-20-19(17)24-22(25-21(20)28)27-12-10-26(11-13-27)15-6-2-1-3-7-15/h1-9,14H,10-13H2,(H,24,25,28). The Labute approximate surface area is 171 Å². The predicted molar refractivity (Wildman–Crippen MR) is 117 cm³/mol. The molecule has 4 aromatic rings. The maximum atomic E-state index is 14.3. The molecule has 0 amide bonds. The second-order valence-electron chi connectivity index (χ2n) is 7.01. The van der Waals surface area contributed by atoms with Crippen LogP contribution in [0.5, 0.6) is 0 Å². The van der Waals surface area contributed by atoms with Crippen LogP contribution in [0, 0.1) is 5.82 Å². The van der Waals surface area contributed by atoms with Crippen molar-refractivity contribution in [1.29, 1.82) is 0 Å². The first kappa shape index (κ1) is 17.9. The third kappa shape index (κ3) is 3.27. The molecule has 146 valence electrons. The Kier molecular flexibility index (Phi) is 4.52. The highest BCUT2D eigenvalue weighted by Crippen LogP contribution is 2.33. The van der Waals surface area contributed by atoms with E-state index in [1.165, 1.54) is 23.1 Å². The average Bonchev–Trinajstić information content (AvgIpc) is 3.19. The van der Waals surface area contributed by atoms with Gasteiger partial charge >= 0.3 is 0 Å². The van der Waals surface area contributed by atoms with Crippen LogP contribution < -0.4 is 15.4 Å². The van der Waals surface area contributed by atoms with Crippen molar-refractivity contribution in [2.75, 3.05) is 36.0 Å². The summed E-state index contributed by atoms with van der Waals surface area (Å²) in [4.78, 5) is 24.7. The van der Waals surface area contributed by atoms with E-state index < -0.39 is 0 Å². The van der Waals surface area contributed by atoms with Gasteiger partial charge in [0.25, 0.3) is 5.56 Å². The van der Waals surface area contributed by atoms with Crippen LogP contribution in [-0.2, 0) is 0 Å². The van der Waals surface area contributed by atoms with Crippen molar-refractivity contribution in [3.63, 3.8) is 0 Å². The minimum Gasteiger partial charge on any atom is -0.368 e. The van der Waals surface area contributed by atoms with Gasteiger partial charge in [0, 0.05) is 48.4 Å². The van der Waals surface area contributed by atoms with E-state index in [2.05, 4.69) is 26.9 Å². The Morgan fingerprint density at radius 2 is 1.59 bits per heavy atom. The van der Waals surface area contributed by atoms with E-state index in [-0.39, 0.29) is 11.4 Å². The number of H-pyrrole nitrogens is 1. The molecule has 2 aromatic carbocycles. The fraction of sp³-hybridized carbons (Fsp3) is 0.182. The Balaban J connectivity index is 1.47. The number of nitrogens with one attached hydrogen (secondary N) is 1. The molecular weight excluding hydrogens is 387 g/mol. The molecule has 1 N–H and O–H groups in total. The van der Waals surface area contributed by atoms with E-state index in [0.29, 0.717) is 27.3 Å². The van der Waals surface area contributed by atoms with Crippen molar-refractivity contribution in [2.45, 2.75) is 0 Å². The van der Waals surface area contributed by atoms with E-state index in [0.717, 1.165) is 26.2 Å². The number of nitrogens with zero attached hydrogens (tertiary/aromatic N) is 3. The third-order valence-corrected chi connectivity index (χ3v) is 6.25. The van der Waals surface area contributed by atoms with Crippen LogP contribution in [-0.4, -0.2) is 36.1 Å². The number of rotatable bonds is 3. The lowest BCUT2D eigenvalue weighted by Gasteiger charge is -2.36. The second-order valence-corrected chi connectivity index (χ2v) is 7.89. The zero-order chi connectivity index (χ0) is 19.8. The number of anilines is 2. The SMILES string of the molecule is O=c1[nH]c(N2CCN(c3ccccc3)CC2)nc2c(-c3ccccc3F)csc12. The number of fused-ring (bicyclic) bond motifs is 1. The Morgan fingerprint density at radius 1 is 0.897 bits per heavy atom. The monoisotopic (exact) mass is 406 g/mol. The highest BCUT2D eigenvalue weighted by molar-refractivity contribution is 7.17. The van der Waals surface area contributed by atoms with E-state index in [1.807, 2.05) is 23.6 Å². The van der Waals surface area contributed by atoms with Gasteiger partial charge in [0.1, 0.15) is 10.5 Å². The highest BCUT2D eigenvalue weighted by Gasteiger charge is 2.21. The van der Waals surface area contributed by atoms with Crippen LogP contribution in [0.4, 0.5) is 16.0 Å². The summed E-state index contributed by atoms with van der Waals surface area (Å²) < 4.78 is 14.8. The van der Waals surface area contributed by atoms with Gasteiger partial charge in [-0.1, -0.05) is 36.4 Å². The number of para-hydroxylation sites is 1. The maximum absolute atomic E-state index is 14.3. The number of piperazine rings is 1. The van der Waals surface area contributed by atoms with Gasteiger partial charge in [0.2, 0.25) is 5.95 Å². The molecule has 1 fully saturated rings. The second kappa shape index (κ2) is 7.33. The van der Waals surface area contributed by atoms with Crippen molar-refractivity contribution in [3.05, 3.63) is 76.1 Å². The molecule has 0 unspecified atom stereocenters. The molecule has 1 saturated heterocycles. The molecule has 0 spiro atoms. The van der Waals surface area contributed by atoms with Crippen LogP contribution in [0.2, 0.25) is 0 Å². The first-order valence-electron chi connectivity index (χ1n) is 9.52. The zero-order valence-electron chi connectivity index (χ0n) is 15.6. The van der Waals surface area contributed by atoms with Gasteiger partial charge in [0.15, 0.2) is 0 Å². The van der Waals surface area contributed by atoms with E-state index in [4.69, 9.17) is 4.98 Å². The first-order valence-corrected chi connectivity index (χ1v) is 10.4. The molecule has 0 saturated carbocycles. The molecular formula is C22H19FN4OS. The summed E-state index contributed by atoms with van der Waals surface area (Å²) in [6.07, 6.45) is 0. The van der Waals surface area contributed by atoms with Gasteiger partial charge in [-0.2, -0.15) is 0 Å². The minimum absolute atomic E-state index is 0.178. The summed E-state index contributed by atoms with van der Waals surface area (Å²) in [6.45, 7) is 3.19. The molecule has 7 heteroatoms. The van der Waals surface area contributed by atoms with Crippen LogP contribution >= 0.6 is 11.3 Å². The summed E-state index contributed by atoms with van der Waals surface area (Å²) in [5.74, 6) is 0.235. The van der Waals surface area contributed by atoms with Gasteiger partial charge in [-0.25, -0.2) is 9.37 Å². The molecule has 1 aliphatic rings. The van der Waals surface area contributed by atoms with Gasteiger partial charge in [-0.05, 0) is 18.2 Å². The molecule has 1 aliphatic heterocycles. The summed E-state index contributed by atoms with van der Waals surface area (Å²) >= 11 is 1.30. The molecule has 5 rings (SSSR count). The van der Waals surface area contributed by atoms with Gasteiger partial charge in [0.05, 0.1) is 5.52 Å². The number of hydrogen-bond acceptors (Lipinski definition) is 5. The van der Waals surface area contributed by atoms with Crippen molar-refractivity contribution in [3.8, 4) is 11.1 Å². The lowest BCUT2D eigenvalue weighted by atomic mass is 10.1. The maximum Gasteiger partial charge on any atom is 0.270 e. The molecule has 29 heavy (non-hydrogen) atoms. The normalized spacial score (nSPS) is 14.5. The number of aromatic nitrogens is 2. The minimum atomic E-state index is -0.313.